The second-order valence-corrected chi connectivity index (χ2v) is 8.27. The van der Waals surface area contributed by atoms with E-state index in [4.69, 9.17) is 0 Å². The molecule has 0 aliphatic carbocycles. The lowest BCUT2D eigenvalue weighted by molar-refractivity contribution is -0.0886. The Balaban J connectivity index is 1.41. The van der Waals surface area contributed by atoms with E-state index in [1.54, 1.807) is 0 Å². The van der Waals surface area contributed by atoms with Crippen LogP contribution in [0.1, 0.15) is 27.9 Å². The van der Waals surface area contributed by atoms with Crippen molar-refractivity contribution < 1.29 is 9.90 Å². The van der Waals surface area contributed by atoms with E-state index in [1.807, 2.05) is 35.2 Å². The molecule has 1 amide bonds. The van der Waals surface area contributed by atoms with Gasteiger partial charge in [0.2, 0.25) is 0 Å². The lowest BCUT2D eigenvalue weighted by atomic mass is 9.65. The first kappa shape index (κ1) is 18.2. The Hall–Kier alpha value is -2.17. The monoisotopic (exact) mass is 364 g/mol. The molecular formula is C23H28N2O2. The normalized spacial score (nSPS) is 21.9. The first-order chi connectivity index (χ1) is 13.1. The first-order valence-electron chi connectivity index (χ1n) is 9.81. The molecule has 1 atom stereocenters. The van der Waals surface area contributed by atoms with Crippen LogP contribution in [-0.2, 0) is 6.42 Å². The van der Waals surface area contributed by atoms with Crippen molar-refractivity contribution >= 4 is 5.91 Å². The molecule has 0 radical (unpaired) electrons. The Morgan fingerprint density at radius 1 is 1.07 bits per heavy atom. The van der Waals surface area contributed by atoms with E-state index in [0.29, 0.717) is 6.54 Å². The van der Waals surface area contributed by atoms with Crippen molar-refractivity contribution in [1.82, 2.24) is 9.80 Å². The van der Waals surface area contributed by atoms with Crippen LogP contribution in [0.15, 0.2) is 54.6 Å². The lowest BCUT2D eigenvalue weighted by Crippen LogP contribution is -2.64. The molecule has 4 heteroatoms. The van der Waals surface area contributed by atoms with Gasteiger partial charge < -0.3 is 14.9 Å². The van der Waals surface area contributed by atoms with E-state index in [9.17, 15) is 9.90 Å². The van der Waals surface area contributed by atoms with Crippen LogP contribution < -0.4 is 0 Å². The molecule has 2 aromatic rings. The highest BCUT2D eigenvalue weighted by molar-refractivity contribution is 5.94. The van der Waals surface area contributed by atoms with E-state index in [-0.39, 0.29) is 23.8 Å². The van der Waals surface area contributed by atoms with Crippen LogP contribution in [0.2, 0.25) is 0 Å². The number of hydrogen-bond acceptors (Lipinski definition) is 3. The molecule has 1 spiro atoms. The molecule has 1 N–H and O–H groups in total. The Morgan fingerprint density at radius 2 is 1.74 bits per heavy atom. The van der Waals surface area contributed by atoms with Crippen molar-refractivity contribution in [2.45, 2.75) is 12.8 Å². The van der Waals surface area contributed by atoms with Gasteiger partial charge in [0, 0.05) is 49.7 Å². The van der Waals surface area contributed by atoms with Crippen molar-refractivity contribution in [2.75, 3.05) is 39.8 Å². The molecule has 1 unspecified atom stereocenters. The quantitative estimate of drug-likeness (QED) is 0.907. The molecule has 4 nitrogen and oxygen atoms in total. The number of carbonyl (C=O) groups is 1. The van der Waals surface area contributed by atoms with Gasteiger partial charge in [-0.05, 0) is 43.1 Å². The number of benzene rings is 2. The number of piperidine rings is 1. The van der Waals surface area contributed by atoms with Gasteiger partial charge in [-0.1, -0.05) is 42.5 Å². The maximum absolute atomic E-state index is 12.9. The van der Waals surface area contributed by atoms with E-state index in [2.05, 4.69) is 36.2 Å². The Morgan fingerprint density at radius 3 is 2.37 bits per heavy atom. The predicted octanol–water partition coefficient (Wildman–Crippen LogP) is 2.66. The van der Waals surface area contributed by atoms with Crippen LogP contribution in [0, 0.1) is 11.3 Å². The largest absolute Gasteiger partial charge is 0.396 e. The third kappa shape index (κ3) is 3.64. The van der Waals surface area contributed by atoms with E-state index >= 15 is 0 Å². The zero-order chi connectivity index (χ0) is 18.9. The first-order valence-corrected chi connectivity index (χ1v) is 9.81. The summed E-state index contributed by atoms with van der Waals surface area (Å²) in [5, 5.41) is 9.87. The van der Waals surface area contributed by atoms with Gasteiger partial charge in [0.15, 0.2) is 0 Å². The van der Waals surface area contributed by atoms with Crippen LogP contribution in [0.3, 0.4) is 0 Å². The molecule has 2 aliphatic rings. The molecule has 27 heavy (non-hydrogen) atoms. The molecule has 4 rings (SSSR count). The summed E-state index contributed by atoms with van der Waals surface area (Å²) < 4.78 is 0. The molecule has 2 aliphatic heterocycles. The topological polar surface area (TPSA) is 43.8 Å². The van der Waals surface area contributed by atoms with Crippen LogP contribution in [-0.4, -0.2) is 60.6 Å². The van der Waals surface area contributed by atoms with Gasteiger partial charge in [-0.2, -0.15) is 0 Å². The van der Waals surface area contributed by atoms with Crippen molar-refractivity contribution in [3.8, 4) is 0 Å². The fourth-order valence-electron chi connectivity index (χ4n) is 4.77. The molecular weight excluding hydrogens is 336 g/mol. The molecule has 0 bridgehead atoms. The van der Waals surface area contributed by atoms with Gasteiger partial charge in [0.05, 0.1) is 0 Å². The standard InChI is InChI=1S/C23H28N2O2/c1-24-16-23(17-24)11-12-25(14-21(23)15-26)22(27)20-9-7-19(8-10-20)13-18-5-3-2-4-6-18/h2-10,21,26H,11-17H2,1H3. The summed E-state index contributed by atoms with van der Waals surface area (Å²) in [4.78, 5) is 17.2. The minimum atomic E-state index is 0.0854. The number of likely N-dealkylation sites (tertiary alicyclic amines) is 2. The maximum Gasteiger partial charge on any atom is 0.253 e. The highest BCUT2D eigenvalue weighted by Gasteiger charge is 2.50. The summed E-state index contributed by atoms with van der Waals surface area (Å²) in [5.41, 5.74) is 3.43. The molecule has 2 aromatic carbocycles. The molecule has 0 aromatic heterocycles. The van der Waals surface area contributed by atoms with E-state index in [1.165, 1.54) is 11.1 Å². The molecule has 0 saturated carbocycles. The Labute approximate surface area is 161 Å². The van der Waals surface area contributed by atoms with Crippen LogP contribution in [0.25, 0.3) is 0 Å². The smallest absolute Gasteiger partial charge is 0.253 e. The number of amides is 1. The maximum atomic E-state index is 12.9. The van der Waals surface area contributed by atoms with Gasteiger partial charge in [0.1, 0.15) is 0 Å². The summed E-state index contributed by atoms with van der Waals surface area (Å²) in [6.45, 7) is 3.68. The predicted molar refractivity (Wildman–Crippen MR) is 107 cm³/mol. The molecule has 2 heterocycles. The van der Waals surface area contributed by atoms with Crippen molar-refractivity contribution in [1.29, 1.82) is 0 Å². The van der Waals surface area contributed by atoms with Gasteiger partial charge in [-0.25, -0.2) is 0 Å². The minimum Gasteiger partial charge on any atom is -0.396 e. The summed E-state index contributed by atoms with van der Waals surface area (Å²) in [7, 11) is 2.12. The minimum absolute atomic E-state index is 0.0854. The van der Waals surface area contributed by atoms with Gasteiger partial charge in [0.25, 0.3) is 5.91 Å². The van der Waals surface area contributed by atoms with Crippen LogP contribution in [0.5, 0.6) is 0 Å². The van der Waals surface area contributed by atoms with Crippen LogP contribution in [0.4, 0.5) is 0 Å². The number of nitrogens with zero attached hydrogens (tertiary/aromatic N) is 2. The molecule has 2 saturated heterocycles. The Kier molecular flexibility index (Phi) is 5.02. The number of carbonyl (C=O) groups excluding carboxylic acids is 1. The highest BCUT2D eigenvalue weighted by atomic mass is 16.3. The van der Waals surface area contributed by atoms with Gasteiger partial charge >= 0.3 is 0 Å². The van der Waals surface area contributed by atoms with Crippen molar-refractivity contribution in [3.63, 3.8) is 0 Å². The second-order valence-electron chi connectivity index (χ2n) is 8.27. The zero-order valence-electron chi connectivity index (χ0n) is 16.0. The van der Waals surface area contributed by atoms with Crippen LogP contribution >= 0.6 is 0 Å². The van der Waals surface area contributed by atoms with Gasteiger partial charge in [-0.3, -0.25) is 4.79 Å². The Bertz CT molecular complexity index is 782. The number of aliphatic hydroxyl groups is 1. The molecule has 142 valence electrons. The van der Waals surface area contributed by atoms with Gasteiger partial charge in [-0.15, -0.1) is 0 Å². The van der Waals surface area contributed by atoms with Crippen molar-refractivity contribution in [2.24, 2.45) is 11.3 Å². The summed E-state index contributed by atoms with van der Waals surface area (Å²) in [6, 6.07) is 18.3. The number of rotatable bonds is 4. The second kappa shape index (κ2) is 7.45. The average Bonchev–Trinajstić information content (AvgIpc) is 2.68. The third-order valence-electron chi connectivity index (χ3n) is 6.32. The fraction of sp³-hybridized carbons (Fsp3) is 0.435. The summed E-state index contributed by atoms with van der Waals surface area (Å²) in [6.07, 6.45) is 1.86. The number of aliphatic hydroxyl groups excluding tert-OH is 1. The summed E-state index contributed by atoms with van der Waals surface area (Å²) >= 11 is 0. The van der Waals surface area contributed by atoms with Crippen molar-refractivity contribution in [3.05, 3.63) is 71.3 Å². The number of hydrogen-bond donors (Lipinski definition) is 1. The zero-order valence-corrected chi connectivity index (χ0v) is 16.0. The average molecular weight is 364 g/mol. The van der Waals surface area contributed by atoms with E-state index in [0.717, 1.165) is 38.0 Å². The third-order valence-corrected chi connectivity index (χ3v) is 6.32. The lowest BCUT2D eigenvalue weighted by Gasteiger charge is -2.57. The molecule has 2 fully saturated rings. The SMILES string of the molecule is CN1CC2(CCN(C(=O)c3ccc(Cc4ccccc4)cc3)CC2CO)C1. The fourth-order valence-corrected chi connectivity index (χ4v) is 4.77. The summed E-state index contributed by atoms with van der Waals surface area (Å²) in [5.74, 6) is 0.269. The highest BCUT2D eigenvalue weighted by Crippen LogP contribution is 2.43. The van der Waals surface area contributed by atoms with E-state index < -0.39 is 0 Å².